The molecule has 0 bridgehead atoms. The van der Waals surface area contributed by atoms with E-state index in [1.165, 1.54) is 0 Å². The smallest absolute Gasteiger partial charge is 0.252 e. The van der Waals surface area contributed by atoms with E-state index in [0.717, 1.165) is 4.47 Å². The van der Waals surface area contributed by atoms with Crippen LogP contribution in [0, 0.1) is 0 Å². The molecule has 0 atom stereocenters. The monoisotopic (exact) mass is 323 g/mol. The molecule has 5 nitrogen and oxygen atoms in total. The van der Waals surface area contributed by atoms with Gasteiger partial charge in [-0.05, 0) is 28.1 Å². The van der Waals surface area contributed by atoms with Gasteiger partial charge < -0.3 is 9.73 Å². The molecule has 1 heterocycles. The SMILES string of the molecule is CC(C)c1nnc(CNC(=O)c2ccccc2Br)o1. The summed E-state index contributed by atoms with van der Waals surface area (Å²) < 4.78 is 6.16. The number of hydrogen-bond acceptors (Lipinski definition) is 4. The van der Waals surface area contributed by atoms with Crippen LogP contribution in [0.25, 0.3) is 0 Å². The molecule has 0 unspecified atom stereocenters. The van der Waals surface area contributed by atoms with Crippen molar-refractivity contribution in [1.82, 2.24) is 15.5 Å². The highest BCUT2D eigenvalue weighted by Gasteiger charge is 2.12. The normalized spacial score (nSPS) is 10.7. The van der Waals surface area contributed by atoms with Crippen molar-refractivity contribution in [2.24, 2.45) is 0 Å². The molecule has 19 heavy (non-hydrogen) atoms. The number of halogens is 1. The second kappa shape index (κ2) is 5.97. The van der Waals surface area contributed by atoms with Crippen molar-refractivity contribution in [3.8, 4) is 0 Å². The van der Waals surface area contributed by atoms with Crippen molar-refractivity contribution < 1.29 is 9.21 Å². The summed E-state index contributed by atoms with van der Waals surface area (Å²) in [6.07, 6.45) is 0. The zero-order valence-corrected chi connectivity index (χ0v) is 12.3. The molecule has 0 saturated carbocycles. The summed E-state index contributed by atoms with van der Waals surface area (Å²) in [5.74, 6) is 0.978. The maximum atomic E-state index is 11.9. The van der Waals surface area contributed by atoms with Gasteiger partial charge in [-0.1, -0.05) is 26.0 Å². The molecule has 6 heteroatoms. The Bertz CT molecular complexity index is 581. The van der Waals surface area contributed by atoms with Crippen molar-refractivity contribution in [2.45, 2.75) is 26.3 Å². The number of carbonyl (C=O) groups excluding carboxylic acids is 1. The quantitative estimate of drug-likeness (QED) is 0.939. The van der Waals surface area contributed by atoms with Gasteiger partial charge in [0.25, 0.3) is 5.91 Å². The Balaban J connectivity index is 1.98. The molecule has 2 rings (SSSR count). The molecule has 0 aliphatic carbocycles. The minimum atomic E-state index is -0.184. The molecule has 1 amide bonds. The van der Waals surface area contributed by atoms with Gasteiger partial charge in [-0.3, -0.25) is 4.79 Å². The minimum Gasteiger partial charge on any atom is -0.423 e. The highest BCUT2D eigenvalue weighted by atomic mass is 79.9. The molecule has 0 aliphatic heterocycles. The van der Waals surface area contributed by atoms with Gasteiger partial charge in [0, 0.05) is 10.4 Å². The predicted octanol–water partition coefficient (Wildman–Crippen LogP) is 2.89. The highest BCUT2D eigenvalue weighted by molar-refractivity contribution is 9.10. The molecule has 100 valence electrons. The molecule has 0 saturated heterocycles. The molecular weight excluding hydrogens is 310 g/mol. The molecular formula is C13H14BrN3O2. The van der Waals surface area contributed by atoms with Crippen LogP contribution in [0.1, 0.15) is 41.9 Å². The van der Waals surface area contributed by atoms with E-state index in [1.54, 1.807) is 6.07 Å². The summed E-state index contributed by atoms with van der Waals surface area (Å²) in [5, 5.41) is 10.5. The van der Waals surface area contributed by atoms with Crippen LogP contribution >= 0.6 is 15.9 Å². The lowest BCUT2D eigenvalue weighted by molar-refractivity contribution is 0.0946. The summed E-state index contributed by atoms with van der Waals surface area (Å²) >= 11 is 3.33. The first-order valence-corrected chi connectivity index (χ1v) is 6.72. The number of nitrogens with zero attached hydrogens (tertiary/aromatic N) is 2. The van der Waals surface area contributed by atoms with Crippen LogP contribution in [0.3, 0.4) is 0 Å². The fourth-order valence-electron chi connectivity index (χ4n) is 1.47. The Morgan fingerprint density at radius 2 is 2.11 bits per heavy atom. The Morgan fingerprint density at radius 3 is 2.74 bits per heavy atom. The topological polar surface area (TPSA) is 68.0 Å². The summed E-state index contributed by atoms with van der Waals surface area (Å²) in [5.41, 5.74) is 0.575. The van der Waals surface area contributed by atoms with Crippen LogP contribution in [-0.4, -0.2) is 16.1 Å². The van der Waals surface area contributed by atoms with Crippen LogP contribution in [-0.2, 0) is 6.54 Å². The molecule has 0 aliphatic rings. The van der Waals surface area contributed by atoms with Crippen LogP contribution in [0.2, 0.25) is 0 Å². The third kappa shape index (κ3) is 3.41. The molecule has 1 N–H and O–H groups in total. The summed E-state index contributed by atoms with van der Waals surface area (Å²) in [6.45, 7) is 4.16. The van der Waals surface area contributed by atoms with E-state index in [2.05, 4.69) is 31.4 Å². The average Bonchev–Trinajstić information content (AvgIpc) is 2.85. The van der Waals surface area contributed by atoms with E-state index in [9.17, 15) is 4.79 Å². The van der Waals surface area contributed by atoms with Crippen LogP contribution in [0.4, 0.5) is 0 Å². The Hall–Kier alpha value is -1.69. The van der Waals surface area contributed by atoms with Crippen molar-refractivity contribution in [3.05, 3.63) is 46.1 Å². The Kier molecular flexibility index (Phi) is 4.31. The number of aromatic nitrogens is 2. The first-order valence-electron chi connectivity index (χ1n) is 5.93. The van der Waals surface area contributed by atoms with E-state index >= 15 is 0 Å². The van der Waals surface area contributed by atoms with Gasteiger partial charge in [-0.15, -0.1) is 10.2 Å². The number of nitrogens with one attached hydrogen (secondary N) is 1. The largest absolute Gasteiger partial charge is 0.423 e. The fraction of sp³-hybridized carbons (Fsp3) is 0.308. The van der Waals surface area contributed by atoms with Gasteiger partial charge in [0.15, 0.2) is 0 Å². The Labute approximate surface area is 119 Å². The fourth-order valence-corrected chi connectivity index (χ4v) is 1.93. The number of rotatable bonds is 4. The van der Waals surface area contributed by atoms with Crippen molar-refractivity contribution >= 4 is 21.8 Å². The van der Waals surface area contributed by atoms with Crippen LogP contribution in [0.5, 0.6) is 0 Å². The van der Waals surface area contributed by atoms with E-state index < -0.39 is 0 Å². The Morgan fingerprint density at radius 1 is 1.37 bits per heavy atom. The lowest BCUT2D eigenvalue weighted by Crippen LogP contribution is -2.23. The summed E-state index contributed by atoms with van der Waals surface area (Å²) in [6, 6.07) is 7.22. The number of carbonyl (C=O) groups is 1. The maximum Gasteiger partial charge on any atom is 0.252 e. The third-order valence-corrected chi connectivity index (χ3v) is 3.19. The molecule has 0 spiro atoms. The zero-order chi connectivity index (χ0) is 13.8. The van der Waals surface area contributed by atoms with E-state index in [-0.39, 0.29) is 18.4 Å². The first-order chi connectivity index (χ1) is 9.08. The minimum absolute atomic E-state index is 0.181. The molecule has 2 aromatic rings. The van der Waals surface area contributed by atoms with Crippen LogP contribution < -0.4 is 5.32 Å². The average molecular weight is 324 g/mol. The molecule has 1 aromatic heterocycles. The molecule has 0 radical (unpaired) electrons. The summed E-state index contributed by atoms with van der Waals surface area (Å²) in [4.78, 5) is 11.9. The van der Waals surface area contributed by atoms with Gasteiger partial charge in [-0.25, -0.2) is 0 Å². The number of hydrogen-bond donors (Lipinski definition) is 1. The van der Waals surface area contributed by atoms with Crippen molar-refractivity contribution in [2.75, 3.05) is 0 Å². The van der Waals surface area contributed by atoms with E-state index in [4.69, 9.17) is 4.42 Å². The van der Waals surface area contributed by atoms with Gasteiger partial charge in [0.05, 0.1) is 12.1 Å². The van der Waals surface area contributed by atoms with Gasteiger partial charge in [0.1, 0.15) is 0 Å². The number of amides is 1. The van der Waals surface area contributed by atoms with Gasteiger partial charge in [-0.2, -0.15) is 0 Å². The van der Waals surface area contributed by atoms with Gasteiger partial charge in [0.2, 0.25) is 11.8 Å². The second-order valence-electron chi connectivity index (χ2n) is 4.35. The van der Waals surface area contributed by atoms with Crippen LogP contribution in [0.15, 0.2) is 33.2 Å². The molecule has 0 fully saturated rings. The summed E-state index contributed by atoms with van der Waals surface area (Å²) in [7, 11) is 0. The lowest BCUT2D eigenvalue weighted by atomic mass is 10.2. The van der Waals surface area contributed by atoms with Crippen molar-refractivity contribution in [1.29, 1.82) is 0 Å². The van der Waals surface area contributed by atoms with Crippen molar-refractivity contribution in [3.63, 3.8) is 0 Å². The third-order valence-electron chi connectivity index (χ3n) is 2.50. The van der Waals surface area contributed by atoms with Gasteiger partial charge >= 0.3 is 0 Å². The maximum absolute atomic E-state index is 11.9. The second-order valence-corrected chi connectivity index (χ2v) is 5.21. The standard InChI is InChI=1S/C13H14BrN3O2/c1-8(2)13-17-16-11(19-13)7-15-12(18)9-5-3-4-6-10(9)14/h3-6,8H,7H2,1-2H3,(H,15,18). The molecule has 1 aromatic carbocycles. The number of benzene rings is 1. The van der Waals surface area contributed by atoms with E-state index in [0.29, 0.717) is 17.3 Å². The lowest BCUT2D eigenvalue weighted by Gasteiger charge is -2.04. The highest BCUT2D eigenvalue weighted by Crippen LogP contribution is 2.16. The zero-order valence-electron chi connectivity index (χ0n) is 10.7. The predicted molar refractivity (Wildman–Crippen MR) is 73.7 cm³/mol. The first kappa shape index (κ1) is 13.7. The van der Waals surface area contributed by atoms with E-state index in [1.807, 2.05) is 32.0 Å².